The van der Waals surface area contributed by atoms with E-state index in [2.05, 4.69) is 18.0 Å². The number of thiophene rings is 1. The standard InChI is InChI=1S/C11H17ClN2S/c1-14(8-11(13)5-2-6-11)7-9-3-4-10(12)15-9/h3-4H,2,5-8,13H2,1H3. The van der Waals surface area contributed by atoms with Gasteiger partial charge in [-0.2, -0.15) is 0 Å². The first-order chi connectivity index (χ1) is 7.07. The van der Waals surface area contributed by atoms with Gasteiger partial charge in [0.25, 0.3) is 0 Å². The molecule has 0 aliphatic heterocycles. The van der Waals surface area contributed by atoms with Crippen LogP contribution in [0.25, 0.3) is 0 Å². The molecule has 1 aliphatic rings. The second kappa shape index (κ2) is 4.42. The highest BCUT2D eigenvalue weighted by Gasteiger charge is 2.33. The van der Waals surface area contributed by atoms with E-state index in [1.165, 1.54) is 24.1 Å². The number of halogens is 1. The molecule has 2 N–H and O–H groups in total. The average molecular weight is 245 g/mol. The van der Waals surface area contributed by atoms with E-state index in [-0.39, 0.29) is 5.54 Å². The summed E-state index contributed by atoms with van der Waals surface area (Å²) in [5.74, 6) is 0. The molecule has 2 rings (SSSR count). The fourth-order valence-electron chi connectivity index (χ4n) is 2.09. The van der Waals surface area contributed by atoms with Crippen LogP contribution in [-0.4, -0.2) is 24.0 Å². The molecule has 0 bridgehead atoms. The Labute approximate surface area is 100 Å². The van der Waals surface area contributed by atoms with Gasteiger partial charge in [0.1, 0.15) is 0 Å². The van der Waals surface area contributed by atoms with Crippen molar-refractivity contribution in [1.82, 2.24) is 4.90 Å². The van der Waals surface area contributed by atoms with Gasteiger partial charge in [-0.05, 0) is 38.4 Å². The lowest BCUT2D eigenvalue weighted by Crippen LogP contribution is -2.54. The second-order valence-corrected chi connectivity index (χ2v) is 6.39. The van der Waals surface area contributed by atoms with Crippen LogP contribution in [0.4, 0.5) is 0 Å². The van der Waals surface area contributed by atoms with Gasteiger partial charge in [-0.15, -0.1) is 11.3 Å². The lowest BCUT2D eigenvalue weighted by atomic mass is 9.77. The molecule has 0 spiro atoms. The van der Waals surface area contributed by atoms with Crippen molar-refractivity contribution < 1.29 is 0 Å². The van der Waals surface area contributed by atoms with Gasteiger partial charge in [0.05, 0.1) is 4.34 Å². The highest BCUT2D eigenvalue weighted by molar-refractivity contribution is 7.16. The summed E-state index contributed by atoms with van der Waals surface area (Å²) in [6.07, 6.45) is 3.63. The van der Waals surface area contributed by atoms with E-state index in [0.717, 1.165) is 17.4 Å². The highest BCUT2D eigenvalue weighted by Crippen LogP contribution is 2.30. The zero-order chi connectivity index (χ0) is 10.9. The SMILES string of the molecule is CN(Cc1ccc(Cl)s1)CC1(N)CCC1. The molecule has 1 fully saturated rings. The third kappa shape index (κ3) is 2.94. The van der Waals surface area contributed by atoms with Crippen LogP contribution in [0.1, 0.15) is 24.1 Å². The zero-order valence-corrected chi connectivity index (χ0v) is 10.6. The molecular formula is C11H17ClN2S. The van der Waals surface area contributed by atoms with E-state index in [1.54, 1.807) is 11.3 Å². The second-order valence-electron chi connectivity index (χ2n) is 4.59. The number of likely N-dealkylation sites (N-methyl/N-ethyl adjacent to an activating group) is 1. The van der Waals surface area contributed by atoms with Crippen LogP contribution in [0.2, 0.25) is 4.34 Å². The predicted octanol–water partition coefficient (Wildman–Crippen LogP) is 2.71. The Balaban J connectivity index is 1.84. The number of nitrogens with zero attached hydrogens (tertiary/aromatic N) is 1. The summed E-state index contributed by atoms with van der Waals surface area (Å²) in [7, 11) is 2.13. The van der Waals surface area contributed by atoms with Gasteiger partial charge >= 0.3 is 0 Å². The van der Waals surface area contributed by atoms with Crippen LogP contribution in [0.15, 0.2) is 12.1 Å². The topological polar surface area (TPSA) is 29.3 Å². The lowest BCUT2D eigenvalue weighted by Gasteiger charge is -2.40. The van der Waals surface area contributed by atoms with Crippen LogP contribution >= 0.6 is 22.9 Å². The Morgan fingerprint density at radius 2 is 2.27 bits per heavy atom. The molecule has 15 heavy (non-hydrogen) atoms. The van der Waals surface area contributed by atoms with E-state index >= 15 is 0 Å². The summed E-state index contributed by atoms with van der Waals surface area (Å²) in [6, 6.07) is 4.05. The summed E-state index contributed by atoms with van der Waals surface area (Å²) < 4.78 is 0.865. The summed E-state index contributed by atoms with van der Waals surface area (Å²) in [4.78, 5) is 3.60. The summed E-state index contributed by atoms with van der Waals surface area (Å²) >= 11 is 7.54. The molecule has 0 unspecified atom stereocenters. The summed E-state index contributed by atoms with van der Waals surface area (Å²) in [6.45, 7) is 1.94. The molecule has 1 aliphatic carbocycles. The molecule has 84 valence electrons. The van der Waals surface area contributed by atoms with E-state index in [1.807, 2.05) is 6.07 Å². The molecule has 0 aromatic carbocycles. The average Bonchev–Trinajstić information content (AvgIpc) is 2.48. The molecule has 4 heteroatoms. The largest absolute Gasteiger partial charge is 0.324 e. The van der Waals surface area contributed by atoms with Crippen molar-refractivity contribution in [2.45, 2.75) is 31.3 Å². The van der Waals surface area contributed by atoms with Crippen molar-refractivity contribution in [3.05, 3.63) is 21.3 Å². The van der Waals surface area contributed by atoms with Gasteiger partial charge in [0, 0.05) is 23.5 Å². The number of rotatable bonds is 4. The Morgan fingerprint density at radius 3 is 2.73 bits per heavy atom. The van der Waals surface area contributed by atoms with Crippen molar-refractivity contribution in [2.75, 3.05) is 13.6 Å². The molecule has 1 saturated carbocycles. The van der Waals surface area contributed by atoms with E-state index < -0.39 is 0 Å². The zero-order valence-electron chi connectivity index (χ0n) is 9.00. The monoisotopic (exact) mass is 244 g/mol. The molecule has 1 aromatic rings. The Bertz CT molecular complexity index is 333. The van der Waals surface area contributed by atoms with Crippen LogP contribution in [0.3, 0.4) is 0 Å². The van der Waals surface area contributed by atoms with Crippen LogP contribution in [-0.2, 0) is 6.54 Å². The van der Waals surface area contributed by atoms with Gasteiger partial charge in [-0.3, -0.25) is 4.90 Å². The van der Waals surface area contributed by atoms with E-state index in [0.29, 0.717) is 0 Å². The van der Waals surface area contributed by atoms with Crippen LogP contribution in [0.5, 0.6) is 0 Å². The number of hydrogen-bond acceptors (Lipinski definition) is 3. The predicted molar refractivity (Wildman–Crippen MR) is 66.4 cm³/mol. The van der Waals surface area contributed by atoms with Crippen LogP contribution < -0.4 is 5.73 Å². The van der Waals surface area contributed by atoms with Crippen molar-refractivity contribution >= 4 is 22.9 Å². The molecule has 2 nitrogen and oxygen atoms in total. The first-order valence-corrected chi connectivity index (χ1v) is 6.48. The fourth-order valence-corrected chi connectivity index (χ4v) is 3.25. The molecule has 0 saturated heterocycles. The van der Waals surface area contributed by atoms with Gasteiger partial charge in [0.2, 0.25) is 0 Å². The van der Waals surface area contributed by atoms with Crippen LogP contribution in [0, 0.1) is 0 Å². The quantitative estimate of drug-likeness (QED) is 0.883. The van der Waals surface area contributed by atoms with E-state index in [9.17, 15) is 0 Å². The highest BCUT2D eigenvalue weighted by atomic mass is 35.5. The molecule has 1 heterocycles. The molecule has 0 radical (unpaired) electrons. The normalized spacial score (nSPS) is 19.2. The van der Waals surface area contributed by atoms with E-state index in [4.69, 9.17) is 17.3 Å². The molecule has 0 atom stereocenters. The van der Waals surface area contributed by atoms with Crippen molar-refractivity contribution in [3.8, 4) is 0 Å². The lowest BCUT2D eigenvalue weighted by molar-refractivity contribution is 0.162. The smallest absolute Gasteiger partial charge is 0.0931 e. The molecule has 0 amide bonds. The Morgan fingerprint density at radius 1 is 1.53 bits per heavy atom. The Hall–Kier alpha value is -0.0900. The third-order valence-electron chi connectivity index (χ3n) is 2.99. The van der Waals surface area contributed by atoms with Gasteiger partial charge in [-0.25, -0.2) is 0 Å². The minimum Gasteiger partial charge on any atom is -0.324 e. The van der Waals surface area contributed by atoms with Crippen molar-refractivity contribution in [3.63, 3.8) is 0 Å². The Kier molecular flexibility index (Phi) is 3.36. The van der Waals surface area contributed by atoms with Gasteiger partial charge in [0.15, 0.2) is 0 Å². The number of nitrogens with two attached hydrogens (primary N) is 1. The van der Waals surface area contributed by atoms with Gasteiger partial charge in [-0.1, -0.05) is 11.6 Å². The summed E-state index contributed by atoms with van der Waals surface area (Å²) in [5.41, 5.74) is 6.28. The maximum absolute atomic E-state index is 6.20. The van der Waals surface area contributed by atoms with Gasteiger partial charge < -0.3 is 5.73 Å². The minimum absolute atomic E-state index is 0.0792. The molecule has 1 aromatic heterocycles. The molecular weight excluding hydrogens is 228 g/mol. The maximum Gasteiger partial charge on any atom is 0.0931 e. The first-order valence-electron chi connectivity index (χ1n) is 5.29. The number of hydrogen-bond donors (Lipinski definition) is 1. The van der Waals surface area contributed by atoms with Crippen molar-refractivity contribution in [1.29, 1.82) is 0 Å². The van der Waals surface area contributed by atoms with Crippen molar-refractivity contribution in [2.24, 2.45) is 5.73 Å². The maximum atomic E-state index is 6.20. The summed E-state index contributed by atoms with van der Waals surface area (Å²) in [5, 5.41) is 0. The minimum atomic E-state index is 0.0792. The first kappa shape index (κ1) is 11.4. The third-order valence-corrected chi connectivity index (χ3v) is 4.20. The fraction of sp³-hybridized carbons (Fsp3) is 0.636.